The van der Waals surface area contributed by atoms with Crippen LogP contribution in [0.4, 0.5) is 0 Å². The average Bonchev–Trinajstić information content (AvgIpc) is 2.86. The zero-order valence-corrected chi connectivity index (χ0v) is 13.6. The number of esters is 1. The van der Waals surface area contributed by atoms with Crippen LogP contribution in [0.1, 0.15) is 32.6 Å². The Balaban J connectivity index is 2.06. The van der Waals surface area contributed by atoms with Crippen molar-refractivity contribution in [2.24, 2.45) is 0 Å². The second-order valence-corrected chi connectivity index (χ2v) is 9.38. The highest BCUT2D eigenvalue weighted by Crippen LogP contribution is 2.40. The Morgan fingerprint density at radius 1 is 1.55 bits per heavy atom. The lowest BCUT2D eigenvalue weighted by Gasteiger charge is -2.38. The minimum absolute atomic E-state index is 0.0715. The Morgan fingerprint density at radius 2 is 2.30 bits per heavy atom. The van der Waals surface area contributed by atoms with Crippen LogP contribution in [0.2, 0.25) is 0 Å². The predicted molar refractivity (Wildman–Crippen MR) is 78.7 cm³/mol. The molecule has 0 aromatic rings. The Hall–Kier alpha value is -0.270. The molecule has 5 nitrogen and oxygen atoms in total. The standard InChI is InChI=1S/C13H22O5S2/c1-10(7-12(14)17-2)20(15,16)11-3-5-18-13(8-11)4-6-19-9-13/h10-11H,3-9H2,1-2H3. The number of methoxy groups -OCH3 is 1. The van der Waals surface area contributed by atoms with Gasteiger partial charge in [-0.05, 0) is 31.9 Å². The van der Waals surface area contributed by atoms with Crippen molar-refractivity contribution in [3.8, 4) is 0 Å². The summed E-state index contributed by atoms with van der Waals surface area (Å²) in [5.74, 6) is 1.44. The first-order valence-electron chi connectivity index (χ1n) is 6.91. The van der Waals surface area contributed by atoms with Gasteiger partial charge in [0.15, 0.2) is 9.84 Å². The van der Waals surface area contributed by atoms with Crippen LogP contribution in [0.25, 0.3) is 0 Å². The molecule has 2 aliphatic heterocycles. The third-order valence-electron chi connectivity index (χ3n) is 4.22. The molecule has 0 radical (unpaired) electrons. The summed E-state index contributed by atoms with van der Waals surface area (Å²) in [6.07, 6.45) is 1.95. The van der Waals surface area contributed by atoms with Crippen molar-refractivity contribution in [1.82, 2.24) is 0 Å². The Bertz CT molecular complexity index is 453. The van der Waals surface area contributed by atoms with Crippen LogP contribution in [-0.2, 0) is 24.1 Å². The van der Waals surface area contributed by atoms with E-state index in [-0.39, 0.29) is 12.0 Å². The van der Waals surface area contributed by atoms with Gasteiger partial charge in [0.1, 0.15) is 0 Å². The molecule has 2 aliphatic rings. The maximum atomic E-state index is 12.6. The third-order valence-corrected chi connectivity index (χ3v) is 8.07. The van der Waals surface area contributed by atoms with Gasteiger partial charge in [-0.1, -0.05) is 0 Å². The van der Waals surface area contributed by atoms with Crippen molar-refractivity contribution in [3.05, 3.63) is 0 Å². The number of sulfone groups is 1. The minimum atomic E-state index is -3.32. The highest BCUT2D eigenvalue weighted by Gasteiger charge is 2.45. The smallest absolute Gasteiger partial charge is 0.306 e. The molecule has 0 aromatic heterocycles. The molecule has 0 saturated carbocycles. The quantitative estimate of drug-likeness (QED) is 0.729. The summed E-state index contributed by atoms with van der Waals surface area (Å²) in [6.45, 7) is 2.09. The minimum Gasteiger partial charge on any atom is -0.469 e. The molecule has 2 heterocycles. The van der Waals surface area contributed by atoms with Gasteiger partial charge in [0.2, 0.25) is 0 Å². The van der Waals surface area contributed by atoms with Gasteiger partial charge in [0.05, 0.1) is 29.6 Å². The molecule has 2 saturated heterocycles. The lowest BCUT2D eigenvalue weighted by Crippen LogP contribution is -2.46. The van der Waals surface area contributed by atoms with Gasteiger partial charge < -0.3 is 9.47 Å². The van der Waals surface area contributed by atoms with E-state index in [1.54, 1.807) is 6.92 Å². The molecule has 2 rings (SSSR count). The van der Waals surface area contributed by atoms with E-state index < -0.39 is 26.3 Å². The van der Waals surface area contributed by atoms with Gasteiger partial charge in [-0.25, -0.2) is 8.42 Å². The number of hydrogen-bond acceptors (Lipinski definition) is 6. The zero-order valence-electron chi connectivity index (χ0n) is 12.0. The van der Waals surface area contributed by atoms with Gasteiger partial charge >= 0.3 is 5.97 Å². The molecule has 2 fully saturated rings. The summed E-state index contributed by atoms with van der Waals surface area (Å²) >= 11 is 1.82. The molecule has 116 valence electrons. The molecule has 7 heteroatoms. The Kier molecular flexibility index (Phi) is 5.02. The molecular formula is C13H22O5S2. The largest absolute Gasteiger partial charge is 0.469 e. The average molecular weight is 322 g/mol. The highest BCUT2D eigenvalue weighted by molar-refractivity contribution is 7.99. The molecule has 0 aromatic carbocycles. The summed E-state index contributed by atoms with van der Waals surface area (Å²) < 4.78 is 35.6. The molecule has 1 spiro atoms. The number of carbonyl (C=O) groups is 1. The van der Waals surface area contributed by atoms with Gasteiger partial charge in [0.25, 0.3) is 0 Å². The molecule has 0 aliphatic carbocycles. The van der Waals surface area contributed by atoms with E-state index in [0.29, 0.717) is 19.4 Å². The van der Waals surface area contributed by atoms with E-state index in [9.17, 15) is 13.2 Å². The van der Waals surface area contributed by atoms with Crippen LogP contribution in [0.15, 0.2) is 0 Å². The summed E-state index contributed by atoms with van der Waals surface area (Å²) in [4.78, 5) is 11.3. The van der Waals surface area contributed by atoms with Crippen LogP contribution in [0.5, 0.6) is 0 Å². The van der Waals surface area contributed by atoms with Crippen molar-refractivity contribution in [2.45, 2.75) is 48.7 Å². The van der Waals surface area contributed by atoms with Crippen LogP contribution in [0, 0.1) is 0 Å². The van der Waals surface area contributed by atoms with Crippen LogP contribution < -0.4 is 0 Å². The van der Waals surface area contributed by atoms with E-state index in [1.807, 2.05) is 11.8 Å². The van der Waals surface area contributed by atoms with E-state index in [0.717, 1.165) is 17.9 Å². The van der Waals surface area contributed by atoms with Crippen LogP contribution in [0.3, 0.4) is 0 Å². The fourth-order valence-electron chi connectivity index (χ4n) is 2.89. The van der Waals surface area contributed by atoms with Gasteiger partial charge in [0, 0.05) is 12.4 Å². The van der Waals surface area contributed by atoms with Gasteiger partial charge in [-0.3, -0.25) is 4.79 Å². The molecule has 0 amide bonds. The predicted octanol–water partition coefficient (Wildman–Crippen LogP) is 1.41. The number of carbonyl (C=O) groups excluding carboxylic acids is 1. The number of hydrogen-bond donors (Lipinski definition) is 0. The lowest BCUT2D eigenvalue weighted by molar-refractivity contribution is -0.140. The molecule has 3 atom stereocenters. The van der Waals surface area contributed by atoms with Crippen molar-refractivity contribution >= 4 is 27.6 Å². The van der Waals surface area contributed by atoms with Crippen molar-refractivity contribution < 1.29 is 22.7 Å². The second kappa shape index (κ2) is 6.23. The first kappa shape index (κ1) is 16.1. The fraction of sp³-hybridized carbons (Fsp3) is 0.923. The lowest BCUT2D eigenvalue weighted by atomic mass is 9.93. The molecule has 3 unspecified atom stereocenters. The Morgan fingerprint density at radius 3 is 2.90 bits per heavy atom. The van der Waals surface area contributed by atoms with Gasteiger partial charge in [-0.15, -0.1) is 0 Å². The zero-order chi connectivity index (χ0) is 14.8. The molecular weight excluding hydrogens is 300 g/mol. The molecule has 20 heavy (non-hydrogen) atoms. The van der Waals surface area contributed by atoms with E-state index >= 15 is 0 Å². The number of ether oxygens (including phenoxy) is 2. The van der Waals surface area contributed by atoms with Gasteiger partial charge in [-0.2, -0.15) is 11.8 Å². The topological polar surface area (TPSA) is 69.7 Å². The first-order chi connectivity index (χ1) is 9.39. The van der Waals surface area contributed by atoms with E-state index in [4.69, 9.17) is 4.74 Å². The number of rotatable bonds is 4. The van der Waals surface area contributed by atoms with E-state index in [1.165, 1.54) is 7.11 Å². The number of thioether (sulfide) groups is 1. The van der Waals surface area contributed by atoms with Crippen LogP contribution in [-0.4, -0.2) is 55.7 Å². The van der Waals surface area contributed by atoms with Crippen LogP contribution >= 0.6 is 11.8 Å². The normalized spacial score (nSPS) is 32.2. The maximum absolute atomic E-state index is 12.6. The highest BCUT2D eigenvalue weighted by atomic mass is 32.2. The summed E-state index contributed by atoms with van der Waals surface area (Å²) in [5.41, 5.74) is -0.258. The molecule has 0 N–H and O–H groups in total. The van der Waals surface area contributed by atoms with Crippen molar-refractivity contribution in [3.63, 3.8) is 0 Å². The third kappa shape index (κ3) is 3.31. The van der Waals surface area contributed by atoms with Crippen molar-refractivity contribution in [1.29, 1.82) is 0 Å². The molecule has 0 bridgehead atoms. The summed E-state index contributed by atoms with van der Waals surface area (Å²) in [6, 6.07) is 0. The Labute approximate surface area is 124 Å². The first-order valence-corrected chi connectivity index (χ1v) is 9.67. The summed E-state index contributed by atoms with van der Waals surface area (Å²) in [7, 11) is -2.04. The monoisotopic (exact) mass is 322 g/mol. The summed E-state index contributed by atoms with van der Waals surface area (Å²) in [5, 5.41) is -1.08. The SMILES string of the molecule is COC(=O)CC(C)S(=O)(=O)C1CCOC2(CCSC2)C1. The maximum Gasteiger partial charge on any atom is 0.306 e. The van der Waals surface area contributed by atoms with E-state index in [2.05, 4.69) is 4.74 Å². The second-order valence-electron chi connectivity index (χ2n) is 5.63. The fourth-order valence-corrected chi connectivity index (χ4v) is 6.25. The van der Waals surface area contributed by atoms with Crippen molar-refractivity contribution in [2.75, 3.05) is 25.2 Å².